The summed E-state index contributed by atoms with van der Waals surface area (Å²) in [5, 5.41) is 6.25. The number of carbonyl (C=O) groups is 1. The summed E-state index contributed by atoms with van der Waals surface area (Å²) < 4.78 is 0. The van der Waals surface area contributed by atoms with Crippen LogP contribution >= 0.6 is 0 Å². The minimum absolute atomic E-state index is 0.0689. The normalized spacial score (nSPS) is 19.6. The fraction of sp³-hybridized carbons (Fsp3) is 0.333. The summed E-state index contributed by atoms with van der Waals surface area (Å²) in [6, 6.07) is 18.8. The molecule has 4 rings (SSSR count). The van der Waals surface area contributed by atoms with Crippen molar-refractivity contribution in [1.29, 1.82) is 0 Å². The summed E-state index contributed by atoms with van der Waals surface area (Å²) in [6.07, 6.45) is 2.49. The fourth-order valence-corrected chi connectivity index (χ4v) is 3.79. The van der Waals surface area contributed by atoms with E-state index in [1.54, 1.807) is 5.01 Å². The Morgan fingerprint density at radius 2 is 1.62 bits per heavy atom. The Bertz CT molecular complexity index is 910. The quantitative estimate of drug-likeness (QED) is 0.800. The first-order valence-corrected chi connectivity index (χ1v) is 10.2. The molecule has 0 atom stereocenters. The van der Waals surface area contributed by atoms with Crippen LogP contribution in [0.3, 0.4) is 0 Å². The van der Waals surface area contributed by atoms with Crippen molar-refractivity contribution in [2.45, 2.75) is 20.3 Å². The van der Waals surface area contributed by atoms with Crippen molar-refractivity contribution in [3.05, 3.63) is 71.3 Å². The van der Waals surface area contributed by atoms with E-state index < -0.39 is 0 Å². The topological polar surface area (TPSA) is 39.1 Å². The zero-order chi connectivity index (χ0) is 20.2. The van der Waals surface area contributed by atoms with Gasteiger partial charge < -0.3 is 4.90 Å². The third-order valence-corrected chi connectivity index (χ3v) is 5.61. The zero-order valence-electron chi connectivity index (χ0n) is 17.2. The van der Waals surface area contributed by atoms with Crippen molar-refractivity contribution in [2.24, 2.45) is 5.10 Å². The van der Waals surface area contributed by atoms with Crippen LogP contribution in [0.4, 0.5) is 5.69 Å². The molecule has 0 saturated carbocycles. The van der Waals surface area contributed by atoms with Crippen LogP contribution in [0, 0.1) is 6.92 Å². The molecule has 0 spiro atoms. The molecule has 2 aliphatic rings. The van der Waals surface area contributed by atoms with E-state index in [0.717, 1.165) is 43.0 Å². The second kappa shape index (κ2) is 8.62. The molecule has 2 aliphatic heterocycles. The molecule has 150 valence electrons. The number of aryl methyl sites for hydroxylation is 1. The van der Waals surface area contributed by atoms with Crippen LogP contribution in [-0.2, 0) is 4.79 Å². The number of hydrazone groups is 1. The van der Waals surface area contributed by atoms with E-state index >= 15 is 0 Å². The number of amides is 1. The largest absolute Gasteiger partial charge is 0.369 e. The van der Waals surface area contributed by atoms with Crippen molar-refractivity contribution >= 4 is 23.4 Å². The van der Waals surface area contributed by atoms with Gasteiger partial charge in [0.05, 0.1) is 18.8 Å². The highest BCUT2D eigenvalue weighted by molar-refractivity contribution is 6.08. The lowest BCUT2D eigenvalue weighted by atomic mass is 10.0. The van der Waals surface area contributed by atoms with Crippen LogP contribution < -0.4 is 4.90 Å². The highest BCUT2D eigenvalue weighted by atomic mass is 16.2. The monoisotopic (exact) mass is 388 g/mol. The van der Waals surface area contributed by atoms with Crippen molar-refractivity contribution in [3.63, 3.8) is 0 Å². The molecule has 0 bridgehead atoms. The van der Waals surface area contributed by atoms with Gasteiger partial charge in [0.15, 0.2) is 0 Å². The van der Waals surface area contributed by atoms with Gasteiger partial charge in [0.25, 0.3) is 0 Å². The Balaban J connectivity index is 1.37. The maximum absolute atomic E-state index is 12.7. The molecule has 0 radical (unpaired) electrons. The number of hydrogen-bond donors (Lipinski definition) is 0. The van der Waals surface area contributed by atoms with Crippen LogP contribution in [0.2, 0.25) is 0 Å². The van der Waals surface area contributed by atoms with Gasteiger partial charge in [-0.3, -0.25) is 9.69 Å². The number of piperazine rings is 1. The molecule has 5 nitrogen and oxygen atoms in total. The van der Waals surface area contributed by atoms with Gasteiger partial charge in [-0.25, -0.2) is 5.01 Å². The van der Waals surface area contributed by atoms with Gasteiger partial charge in [-0.05, 0) is 43.2 Å². The highest BCUT2D eigenvalue weighted by Crippen LogP contribution is 2.20. The second-order valence-electron chi connectivity index (χ2n) is 7.82. The molecule has 2 aromatic carbocycles. The number of benzene rings is 2. The second-order valence-corrected chi connectivity index (χ2v) is 7.82. The third kappa shape index (κ3) is 4.74. The molecule has 29 heavy (non-hydrogen) atoms. The Hall–Kier alpha value is -2.92. The molecule has 1 amide bonds. The maximum Gasteiger partial charge on any atom is 0.248 e. The number of carbonyl (C=O) groups excluding carboxylic acids is 1. The summed E-state index contributed by atoms with van der Waals surface area (Å²) >= 11 is 0. The summed E-state index contributed by atoms with van der Waals surface area (Å²) in [5.74, 6) is 0.0689. The summed E-state index contributed by atoms with van der Waals surface area (Å²) in [5.41, 5.74) is 5.53. The van der Waals surface area contributed by atoms with Crippen LogP contribution in [-0.4, -0.2) is 54.4 Å². The predicted molar refractivity (Wildman–Crippen MR) is 119 cm³/mol. The molecule has 1 fully saturated rings. The van der Waals surface area contributed by atoms with Crippen LogP contribution in [0.15, 0.2) is 65.3 Å². The van der Waals surface area contributed by atoms with Gasteiger partial charge in [-0.1, -0.05) is 48.0 Å². The molecule has 0 unspecified atom stereocenters. The van der Waals surface area contributed by atoms with E-state index in [-0.39, 0.29) is 5.91 Å². The van der Waals surface area contributed by atoms with Crippen molar-refractivity contribution in [2.75, 3.05) is 37.7 Å². The molecule has 0 aromatic heterocycles. The molecule has 2 heterocycles. The first-order valence-electron chi connectivity index (χ1n) is 10.2. The average Bonchev–Trinajstić information content (AvgIpc) is 2.74. The lowest BCUT2D eigenvalue weighted by molar-refractivity contribution is -0.133. The number of rotatable bonds is 4. The average molecular weight is 389 g/mol. The van der Waals surface area contributed by atoms with E-state index in [2.05, 4.69) is 76.4 Å². The molecule has 5 heteroatoms. The minimum atomic E-state index is 0.0689. The smallest absolute Gasteiger partial charge is 0.248 e. The number of nitrogens with zero attached hydrogens (tertiary/aromatic N) is 4. The van der Waals surface area contributed by atoms with Crippen LogP contribution in [0.1, 0.15) is 24.5 Å². The Morgan fingerprint density at radius 3 is 2.31 bits per heavy atom. The van der Waals surface area contributed by atoms with E-state index in [1.165, 1.54) is 11.3 Å². The number of anilines is 1. The highest BCUT2D eigenvalue weighted by Gasteiger charge is 2.26. The minimum Gasteiger partial charge on any atom is -0.369 e. The first kappa shape index (κ1) is 19.4. The molecular weight excluding hydrogens is 360 g/mol. The van der Waals surface area contributed by atoms with E-state index in [4.69, 9.17) is 0 Å². The molecule has 0 aliphatic carbocycles. The van der Waals surface area contributed by atoms with Crippen molar-refractivity contribution < 1.29 is 4.79 Å². The first-order chi connectivity index (χ1) is 14.1. The van der Waals surface area contributed by atoms with E-state index in [9.17, 15) is 4.79 Å². The van der Waals surface area contributed by atoms with Crippen LogP contribution in [0.5, 0.6) is 0 Å². The molecule has 1 saturated heterocycles. The Labute approximate surface area is 172 Å². The molecule has 2 aromatic rings. The third-order valence-electron chi connectivity index (χ3n) is 5.61. The number of hydrogen-bond acceptors (Lipinski definition) is 4. The zero-order valence-corrected chi connectivity index (χ0v) is 17.2. The van der Waals surface area contributed by atoms with Gasteiger partial charge in [0.1, 0.15) is 0 Å². The lowest BCUT2D eigenvalue weighted by Gasteiger charge is -2.38. The van der Waals surface area contributed by atoms with Gasteiger partial charge in [-0.2, -0.15) is 5.10 Å². The fourth-order valence-electron chi connectivity index (χ4n) is 3.79. The van der Waals surface area contributed by atoms with Gasteiger partial charge >= 0.3 is 0 Å². The lowest BCUT2D eigenvalue weighted by Crippen LogP contribution is -2.50. The van der Waals surface area contributed by atoms with Crippen molar-refractivity contribution in [3.8, 4) is 0 Å². The standard InChI is InChI=1S/C24H28N4O/c1-19-8-10-21(11-9-19)16-22-17-24(29)28(25-20(22)2)18-26-12-14-27(15-13-26)23-6-4-3-5-7-23/h3-11,16H,12-15,17-18H2,1-2H3/b22-16-. The van der Waals surface area contributed by atoms with E-state index in [0.29, 0.717) is 13.1 Å². The SMILES string of the molecule is CC1=NN(CN2CCN(c3ccccc3)CC2)C(=O)C/C1=C/c1ccc(C)cc1. The maximum atomic E-state index is 12.7. The Kier molecular flexibility index (Phi) is 5.76. The summed E-state index contributed by atoms with van der Waals surface area (Å²) in [6.45, 7) is 8.42. The van der Waals surface area contributed by atoms with Crippen molar-refractivity contribution in [1.82, 2.24) is 9.91 Å². The van der Waals surface area contributed by atoms with E-state index in [1.807, 2.05) is 13.0 Å². The predicted octanol–water partition coefficient (Wildman–Crippen LogP) is 3.77. The summed E-state index contributed by atoms with van der Waals surface area (Å²) in [4.78, 5) is 17.4. The Morgan fingerprint density at radius 1 is 0.931 bits per heavy atom. The van der Waals surface area contributed by atoms with Gasteiger partial charge in [0.2, 0.25) is 5.91 Å². The molecular formula is C24H28N4O. The summed E-state index contributed by atoms with van der Waals surface area (Å²) in [7, 11) is 0. The number of para-hydroxylation sites is 1. The molecule has 0 N–H and O–H groups in total. The van der Waals surface area contributed by atoms with Gasteiger partial charge in [0, 0.05) is 31.9 Å². The van der Waals surface area contributed by atoms with Crippen LogP contribution in [0.25, 0.3) is 6.08 Å². The van der Waals surface area contributed by atoms with Gasteiger partial charge in [-0.15, -0.1) is 0 Å².